The van der Waals surface area contributed by atoms with Crippen LogP contribution in [0.1, 0.15) is 11.1 Å². The maximum absolute atomic E-state index is 12.5. The average molecular weight is 525 g/mol. The van der Waals surface area contributed by atoms with Crippen LogP contribution in [0.4, 0.5) is 0 Å². The lowest BCUT2D eigenvalue weighted by atomic mass is 10.1. The lowest BCUT2D eigenvalue weighted by molar-refractivity contribution is -0.117. The molecule has 0 aliphatic carbocycles. The first-order chi connectivity index (χ1) is 15.1. The molecule has 0 bridgehead atoms. The topological polar surface area (TPSA) is 87.1 Å². The number of hydrogen-bond donors (Lipinski definition) is 2. The third kappa shape index (κ3) is 5.39. The summed E-state index contributed by atoms with van der Waals surface area (Å²) in [6.07, 6.45) is 9.37. The number of para-hydroxylation sites is 1. The summed E-state index contributed by atoms with van der Waals surface area (Å²) in [6, 6.07) is 13.5. The van der Waals surface area contributed by atoms with Gasteiger partial charge in [-0.25, -0.2) is 0 Å². The van der Waals surface area contributed by atoms with E-state index in [1.165, 1.54) is 13.2 Å². The Kier molecular flexibility index (Phi) is 7.58. The number of nitrogens with one attached hydrogen (secondary N) is 2. The van der Waals surface area contributed by atoms with Crippen molar-refractivity contribution in [2.75, 3.05) is 20.3 Å². The molecule has 0 fully saturated rings. The molecule has 0 unspecified atom stereocenters. The molecule has 31 heavy (non-hydrogen) atoms. The van der Waals surface area contributed by atoms with Crippen molar-refractivity contribution < 1.29 is 14.3 Å². The number of carbonyl (C=O) groups excluding carboxylic acids is 1. The van der Waals surface area contributed by atoms with Gasteiger partial charge in [0.25, 0.3) is 5.91 Å². The molecular formula is C24H20IN3O3. The van der Waals surface area contributed by atoms with Gasteiger partial charge in [-0.3, -0.25) is 4.79 Å². The average Bonchev–Trinajstić information content (AvgIpc) is 3.19. The highest BCUT2D eigenvalue weighted by Crippen LogP contribution is 2.34. The van der Waals surface area contributed by atoms with E-state index in [4.69, 9.17) is 15.9 Å². The van der Waals surface area contributed by atoms with Crippen LogP contribution in [-0.4, -0.2) is 31.2 Å². The molecule has 0 spiro atoms. The zero-order valence-electron chi connectivity index (χ0n) is 16.9. The minimum absolute atomic E-state index is 0.00840. The van der Waals surface area contributed by atoms with Crippen molar-refractivity contribution in [1.29, 1.82) is 5.26 Å². The van der Waals surface area contributed by atoms with Crippen LogP contribution in [0.2, 0.25) is 0 Å². The van der Waals surface area contributed by atoms with Gasteiger partial charge < -0.3 is 19.8 Å². The van der Waals surface area contributed by atoms with Crippen molar-refractivity contribution in [3.8, 4) is 29.9 Å². The van der Waals surface area contributed by atoms with E-state index in [9.17, 15) is 10.1 Å². The zero-order valence-corrected chi connectivity index (χ0v) is 19.0. The molecule has 7 heteroatoms. The molecule has 6 nitrogen and oxygen atoms in total. The number of benzene rings is 2. The molecule has 0 aliphatic heterocycles. The van der Waals surface area contributed by atoms with Crippen molar-refractivity contribution >= 4 is 45.5 Å². The molecular weight excluding hydrogens is 505 g/mol. The number of fused-ring (bicyclic) bond motifs is 1. The minimum atomic E-state index is -0.427. The highest BCUT2D eigenvalue weighted by atomic mass is 127. The van der Waals surface area contributed by atoms with Crippen LogP contribution in [0, 0.1) is 27.2 Å². The molecule has 1 amide bonds. The van der Waals surface area contributed by atoms with Crippen LogP contribution in [-0.2, 0) is 11.2 Å². The van der Waals surface area contributed by atoms with E-state index in [2.05, 4.69) is 38.8 Å². The van der Waals surface area contributed by atoms with Gasteiger partial charge in [0.15, 0.2) is 11.5 Å². The fourth-order valence-electron chi connectivity index (χ4n) is 3.14. The first-order valence-electron chi connectivity index (χ1n) is 9.46. The number of nitriles is 1. The Morgan fingerprint density at radius 3 is 2.90 bits per heavy atom. The zero-order chi connectivity index (χ0) is 22.2. The highest BCUT2D eigenvalue weighted by Gasteiger charge is 2.14. The predicted molar refractivity (Wildman–Crippen MR) is 129 cm³/mol. The minimum Gasteiger partial charge on any atom is -0.493 e. The number of terminal acetylenes is 1. The number of rotatable bonds is 8. The first kappa shape index (κ1) is 22.3. The smallest absolute Gasteiger partial charge is 0.261 e. The van der Waals surface area contributed by atoms with Crippen molar-refractivity contribution in [2.24, 2.45) is 0 Å². The summed E-state index contributed by atoms with van der Waals surface area (Å²) in [5.74, 6) is 2.99. The summed E-state index contributed by atoms with van der Waals surface area (Å²) < 4.78 is 11.7. The second-order valence-corrected chi connectivity index (χ2v) is 7.72. The van der Waals surface area contributed by atoms with Crippen molar-refractivity contribution in [1.82, 2.24) is 10.3 Å². The van der Waals surface area contributed by atoms with Gasteiger partial charge in [-0.1, -0.05) is 24.1 Å². The Bertz CT molecular complexity index is 1220. The number of H-pyrrole nitrogens is 1. The Morgan fingerprint density at radius 2 is 2.16 bits per heavy atom. The van der Waals surface area contributed by atoms with Crippen LogP contribution in [0.5, 0.6) is 11.5 Å². The van der Waals surface area contributed by atoms with Crippen LogP contribution < -0.4 is 14.8 Å². The number of amides is 1. The van der Waals surface area contributed by atoms with E-state index in [1.54, 1.807) is 12.1 Å². The van der Waals surface area contributed by atoms with Crippen LogP contribution in [0.15, 0.2) is 48.2 Å². The largest absolute Gasteiger partial charge is 0.493 e. The Labute approximate surface area is 194 Å². The third-order valence-electron chi connectivity index (χ3n) is 4.58. The number of hydrogen-bond acceptors (Lipinski definition) is 4. The maximum Gasteiger partial charge on any atom is 0.261 e. The van der Waals surface area contributed by atoms with Crippen molar-refractivity contribution in [3.05, 3.63) is 62.9 Å². The van der Waals surface area contributed by atoms with E-state index in [0.29, 0.717) is 30.0 Å². The monoisotopic (exact) mass is 525 g/mol. The number of aromatic amines is 1. The standard InChI is InChI=1S/C24H20IN3O3/c1-3-10-31-23-20(25)12-16(13-22(23)30-2)11-18(14-26)24(29)27-9-8-17-15-28-21-7-5-4-6-19(17)21/h1,4-7,11-13,15,28H,8-10H2,2H3,(H,27,29)/b18-11-. The molecule has 3 aromatic rings. The molecule has 3 rings (SSSR count). The molecule has 0 saturated heterocycles. The number of nitrogens with zero attached hydrogens (tertiary/aromatic N) is 1. The summed E-state index contributed by atoms with van der Waals surface area (Å²) in [7, 11) is 1.52. The van der Waals surface area contributed by atoms with Crippen LogP contribution in [0.25, 0.3) is 17.0 Å². The fourth-order valence-corrected chi connectivity index (χ4v) is 3.92. The Balaban J connectivity index is 1.70. The fraction of sp³-hybridized carbons (Fsp3) is 0.167. The lowest BCUT2D eigenvalue weighted by Gasteiger charge is -2.12. The van der Waals surface area contributed by atoms with Gasteiger partial charge in [0.2, 0.25) is 0 Å². The Hall–Kier alpha value is -3.43. The lowest BCUT2D eigenvalue weighted by Crippen LogP contribution is -2.26. The van der Waals surface area contributed by atoms with E-state index >= 15 is 0 Å². The number of aromatic nitrogens is 1. The molecule has 0 aliphatic rings. The molecule has 1 heterocycles. The number of halogens is 1. The van der Waals surface area contributed by atoms with Crippen LogP contribution in [0.3, 0.4) is 0 Å². The summed E-state index contributed by atoms with van der Waals surface area (Å²) in [5.41, 5.74) is 2.83. The molecule has 2 aromatic carbocycles. The maximum atomic E-state index is 12.5. The van der Waals surface area contributed by atoms with Gasteiger partial charge in [-0.2, -0.15) is 5.26 Å². The summed E-state index contributed by atoms with van der Waals surface area (Å²) >= 11 is 2.10. The molecule has 1 aromatic heterocycles. The van der Waals surface area contributed by atoms with Gasteiger partial charge in [0.05, 0.1) is 10.7 Å². The van der Waals surface area contributed by atoms with Crippen molar-refractivity contribution in [3.63, 3.8) is 0 Å². The summed E-state index contributed by atoms with van der Waals surface area (Å²) in [4.78, 5) is 15.7. The van der Waals surface area contributed by atoms with Gasteiger partial charge >= 0.3 is 0 Å². The van der Waals surface area contributed by atoms with Crippen molar-refractivity contribution in [2.45, 2.75) is 6.42 Å². The predicted octanol–water partition coefficient (Wildman–Crippen LogP) is 4.06. The summed E-state index contributed by atoms with van der Waals surface area (Å²) in [6.45, 7) is 0.531. The van der Waals surface area contributed by atoms with E-state index < -0.39 is 5.91 Å². The highest BCUT2D eigenvalue weighted by molar-refractivity contribution is 14.1. The van der Waals surface area contributed by atoms with Crippen LogP contribution >= 0.6 is 22.6 Å². The van der Waals surface area contributed by atoms with Gasteiger partial charge in [0, 0.05) is 23.6 Å². The number of carbonyl (C=O) groups is 1. The third-order valence-corrected chi connectivity index (χ3v) is 5.38. The molecule has 0 atom stereocenters. The SMILES string of the molecule is C#CCOc1c(I)cc(/C=C(/C#N)C(=O)NCCc2c[nH]c3ccccc23)cc1OC. The molecule has 0 saturated carbocycles. The van der Waals surface area contributed by atoms with Gasteiger partial charge in [-0.15, -0.1) is 6.42 Å². The number of methoxy groups -OCH3 is 1. The second-order valence-electron chi connectivity index (χ2n) is 6.56. The number of ether oxygens (including phenoxy) is 2. The van der Waals surface area contributed by atoms with Gasteiger partial charge in [0.1, 0.15) is 18.2 Å². The van der Waals surface area contributed by atoms with E-state index in [-0.39, 0.29) is 12.2 Å². The van der Waals surface area contributed by atoms with E-state index in [1.807, 2.05) is 36.5 Å². The molecule has 156 valence electrons. The molecule has 2 N–H and O–H groups in total. The first-order valence-corrected chi connectivity index (χ1v) is 10.5. The summed E-state index contributed by atoms with van der Waals surface area (Å²) in [5, 5.41) is 13.4. The normalized spacial score (nSPS) is 10.9. The quantitative estimate of drug-likeness (QED) is 0.201. The Morgan fingerprint density at radius 1 is 1.35 bits per heavy atom. The second kappa shape index (κ2) is 10.6. The van der Waals surface area contributed by atoms with E-state index in [0.717, 1.165) is 20.0 Å². The van der Waals surface area contributed by atoms with Gasteiger partial charge in [-0.05, 0) is 64.4 Å². The molecule has 0 radical (unpaired) electrons.